The smallest absolute Gasteiger partial charge is 0.345 e. The van der Waals surface area contributed by atoms with Crippen LogP contribution in [0.15, 0.2) is 82.1 Å². The van der Waals surface area contributed by atoms with Crippen LogP contribution >= 0.6 is 0 Å². The number of ether oxygens (including phenoxy) is 1. The summed E-state index contributed by atoms with van der Waals surface area (Å²) in [6, 6.07) is 17.6. The van der Waals surface area contributed by atoms with Crippen LogP contribution in [0.4, 0.5) is 0 Å². The highest BCUT2D eigenvalue weighted by Crippen LogP contribution is 2.25. The third-order valence-corrected chi connectivity index (χ3v) is 8.30. The van der Waals surface area contributed by atoms with E-state index in [9.17, 15) is 22.8 Å². The van der Waals surface area contributed by atoms with Crippen molar-refractivity contribution in [2.24, 2.45) is 0 Å². The van der Waals surface area contributed by atoms with E-state index in [0.717, 1.165) is 11.8 Å². The Balaban J connectivity index is 1.37. The maximum absolute atomic E-state index is 12.8. The van der Waals surface area contributed by atoms with Crippen LogP contribution in [0.3, 0.4) is 0 Å². The average molecular weight is 548 g/mol. The van der Waals surface area contributed by atoms with Gasteiger partial charge in [0.1, 0.15) is 11.3 Å². The Kier molecular flexibility index (Phi) is 7.16. The molecule has 39 heavy (non-hydrogen) atoms. The van der Waals surface area contributed by atoms with Crippen molar-refractivity contribution in [1.29, 1.82) is 0 Å². The molecule has 1 aliphatic rings. The molecule has 0 aliphatic carbocycles. The summed E-state index contributed by atoms with van der Waals surface area (Å²) in [5.41, 5.74) is 1.60. The van der Waals surface area contributed by atoms with E-state index in [1.165, 1.54) is 18.0 Å². The molecular weight excluding hydrogens is 522 g/mol. The average Bonchev–Trinajstić information content (AvgIpc) is 3.53. The predicted octanol–water partition coefficient (Wildman–Crippen LogP) is 2.85. The van der Waals surface area contributed by atoms with Crippen molar-refractivity contribution < 1.29 is 27.2 Å². The molecular formula is C28H25N3O7S. The molecule has 2 aromatic heterocycles. The lowest BCUT2D eigenvalue weighted by Crippen LogP contribution is -2.40. The van der Waals surface area contributed by atoms with Crippen molar-refractivity contribution >= 4 is 38.8 Å². The van der Waals surface area contributed by atoms with Crippen molar-refractivity contribution in [2.45, 2.75) is 12.5 Å². The fourth-order valence-electron chi connectivity index (χ4n) is 4.38. The highest BCUT2D eigenvalue weighted by molar-refractivity contribution is 7.91. The van der Waals surface area contributed by atoms with Gasteiger partial charge >= 0.3 is 11.6 Å². The molecule has 1 unspecified atom stereocenters. The van der Waals surface area contributed by atoms with E-state index in [0.29, 0.717) is 28.6 Å². The van der Waals surface area contributed by atoms with E-state index in [4.69, 9.17) is 9.15 Å². The summed E-state index contributed by atoms with van der Waals surface area (Å²) in [7, 11) is -1.66. The second-order valence-electron chi connectivity index (χ2n) is 9.20. The molecule has 5 rings (SSSR count). The van der Waals surface area contributed by atoms with Gasteiger partial charge in [0.25, 0.3) is 5.91 Å². The lowest BCUT2D eigenvalue weighted by atomic mass is 10.1. The van der Waals surface area contributed by atoms with Crippen molar-refractivity contribution in [3.63, 3.8) is 0 Å². The highest BCUT2D eigenvalue weighted by Gasteiger charge is 2.32. The minimum absolute atomic E-state index is 0.0341. The zero-order valence-corrected chi connectivity index (χ0v) is 21.8. The number of benzene rings is 2. The maximum atomic E-state index is 12.8. The molecule has 1 fully saturated rings. The molecule has 0 N–H and O–H groups in total. The molecule has 2 aromatic carbocycles. The first-order valence-corrected chi connectivity index (χ1v) is 14.0. The minimum Gasteiger partial charge on any atom is -0.452 e. The van der Waals surface area contributed by atoms with E-state index in [2.05, 4.69) is 5.10 Å². The van der Waals surface area contributed by atoms with Crippen LogP contribution in [0, 0.1) is 0 Å². The van der Waals surface area contributed by atoms with Gasteiger partial charge in [-0.3, -0.25) is 4.79 Å². The Labute approximate surface area is 224 Å². The van der Waals surface area contributed by atoms with Crippen LogP contribution in [0.2, 0.25) is 0 Å². The van der Waals surface area contributed by atoms with Crippen LogP contribution in [0.5, 0.6) is 0 Å². The quantitative estimate of drug-likeness (QED) is 0.196. The Morgan fingerprint density at radius 2 is 1.90 bits per heavy atom. The summed E-state index contributed by atoms with van der Waals surface area (Å²) in [6.07, 6.45) is 4.63. The number of hydrogen-bond donors (Lipinski definition) is 0. The number of carbonyl (C=O) groups excluding carboxylic acids is 2. The number of sulfone groups is 1. The number of esters is 1. The van der Waals surface area contributed by atoms with Gasteiger partial charge in [-0.15, -0.1) is 0 Å². The molecule has 11 heteroatoms. The van der Waals surface area contributed by atoms with Gasteiger partial charge in [0.05, 0.1) is 22.8 Å². The van der Waals surface area contributed by atoms with E-state index >= 15 is 0 Å². The van der Waals surface area contributed by atoms with Gasteiger partial charge < -0.3 is 14.1 Å². The van der Waals surface area contributed by atoms with Crippen molar-refractivity contribution in [3.05, 3.63) is 88.9 Å². The van der Waals surface area contributed by atoms with Crippen LogP contribution in [0.25, 0.3) is 34.0 Å². The van der Waals surface area contributed by atoms with Gasteiger partial charge in [-0.25, -0.2) is 22.7 Å². The number of rotatable bonds is 7. The first-order valence-electron chi connectivity index (χ1n) is 12.2. The van der Waals surface area contributed by atoms with Gasteiger partial charge in [-0.2, -0.15) is 5.10 Å². The van der Waals surface area contributed by atoms with Gasteiger partial charge in [0.2, 0.25) is 0 Å². The third kappa shape index (κ3) is 5.83. The van der Waals surface area contributed by atoms with Gasteiger partial charge in [-0.1, -0.05) is 36.4 Å². The molecule has 200 valence electrons. The first kappa shape index (κ1) is 26.1. The lowest BCUT2D eigenvalue weighted by molar-refractivity contribution is -0.148. The summed E-state index contributed by atoms with van der Waals surface area (Å²) in [4.78, 5) is 39.0. The molecule has 10 nitrogen and oxygen atoms in total. The SMILES string of the molecule is CN(C(=O)COC(=O)/C=C/c1cn(-c2ccccc2)nc1-c1cc2ccccc2oc1=O)C1CCS(=O)(=O)C1. The minimum atomic E-state index is -3.15. The van der Waals surface area contributed by atoms with Crippen molar-refractivity contribution in [1.82, 2.24) is 14.7 Å². The largest absolute Gasteiger partial charge is 0.452 e. The highest BCUT2D eigenvalue weighted by atomic mass is 32.2. The Hall–Kier alpha value is -4.51. The lowest BCUT2D eigenvalue weighted by Gasteiger charge is -2.22. The summed E-state index contributed by atoms with van der Waals surface area (Å²) in [5.74, 6) is -1.34. The molecule has 1 aliphatic heterocycles. The molecule has 0 bridgehead atoms. The molecule has 0 radical (unpaired) electrons. The Morgan fingerprint density at radius 3 is 2.64 bits per heavy atom. The number of para-hydroxylation sites is 2. The van der Waals surface area contributed by atoms with Crippen LogP contribution < -0.4 is 5.63 Å². The molecule has 4 aromatic rings. The third-order valence-electron chi connectivity index (χ3n) is 6.55. The fourth-order valence-corrected chi connectivity index (χ4v) is 6.16. The summed E-state index contributed by atoms with van der Waals surface area (Å²) < 4.78 is 35.6. The molecule has 0 spiro atoms. The molecule has 3 heterocycles. The maximum Gasteiger partial charge on any atom is 0.345 e. The normalized spacial score (nSPS) is 16.5. The second kappa shape index (κ2) is 10.7. The first-order chi connectivity index (χ1) is 18.7. The molecule has 1 saturated heterocycles. The van der Waals surface area contributed by atoms with Gasteiger partial charge in [0, 0.05) is 36.3 Å². The Morgan fingerprint density at radius 1 is 1.15 bits per heavy atom. The van der Waals surface area contributed by atoms with Crippen LogP contribution in [0.1, 0.15) is 12.0 Å². The number of amides is 1. The predicted molar refractivity (Wildman–Crippen MR) is 145 cm³/mol. The summed E-state index contributed by atoms with van der Waals surface area (Å²) >= 11 is 0. The number of fused-ring (bicyclic) bond motifs is 1. The number of carbonyl (C=O) groups is 2. The zero-order valence-electron chi connectivity index (χ0n) is 21.0. The van der Waals surface area contributed by atoms with E-state index in [1.807, 2.05) is 42.5 Å². The van der Waals surface area contributed by atoms with Crippen LogP contribution in [-0.4, -0.2) is 66.2 Å². The van der Waals surface area contributed by atoms with E-state index < -0.39 is 40.0 Å². The fraction of sp³-hybridized carbons (Fsp3) is 0.214. The molecule has 1 atom stereocenters. The number of nitrogens with zero attached hydrogens (tertiary/aromatic N) is 3. The number of hydrogen-bond acceptors (Lipinski definition) is 8. The van der Waals surface area contributed by atoms with Crippen molar-refractivity contribution in [3.8, 4) is 16.9 Å². The summed E-state index contributed by atoms with van der Waals surface area (Å²) in [5, 5.41) is 5.31. The van der Waals surface area contributed by atoms with Crippen molar-refractivity contribution in [2.75, 3.05) is 25.2 Å². The van der Waals surface area contributed by atoms with Gasteiger partial charge in [0.15, 0.2) is 16.4 Å². The Bertz CT molecular complexity index is 1740. The molecule has 1 amide bonds. The number of likely N-dealkylation sites (N-methyl/N-ethyl adjacent to an activating group) is 1. The van der Waals surface area contributed by atoms with E-state index in [-0.39, 0.29) is 17.1 Å². The molecule has 0 saturated carbocycles. The second-order valence-corrected chi connectivity index (χ2v) is 11.4. The summed E-state index contributed by atoms with van der Waals surface area (Å²) in [6.45, 7) is -0.527. The number of aromatic nitrogens is 2. The topological polar surface area (TPSA) is 129 Å². The monoisotopic (exact) mass is 547 g/mol. The van der Waals surface area contributed by atoms with E-state index in [1.54, 1.807) is 29.1 Å². The van der Waals surface area contributed by atoms with Crippen LogP contribution in [-0.2, 0) is 24.2 Å². The zero-order chi connectivity index (χ0) is 27.6. The van der Waals surface area contributed by atoms with Gasteiger partial charge in [-0.05, 0) is 36.8 Å². The standard InChI is InChI=1S/C28H25N3O7S/c1-30(22-13-14-39(35,36)18-22)25(32)17-37-26(33)12-11-20-16-31(21-8-3-2-4-9-21)29-27(20)23-15-19-7-5-6-10-24(19)38-28(23)34/h2-12,15-16,22H,13-14,17-18H2,1H3/b12-11+.